The van der Waals surface area contributed by atoms with Crippen molar-refractivity contribution >= 4 is 0 Å². The third kappa shape index (κ3) is 3.24. The smallest absolute Gasteiger partial charge is 0.0473 e. The molecule has 1 aromatic rings. The Morgan fingerprint density at radius 2 is 1.60 bits per heavy atom. The third-order valence-corrected chi connectivity index (χ3v) is 5.06. The van der Waals surface area contributed by atoms with Gasteiger partial charge in [-0.15, -0.1) is 0 Å². The number of nitrogens with zero attached hydrogens (tertiary/aromatic N) is 1. The highest BCUT2D eigenvalue weighted by Gasteiger charge is 2.30. The van der Waals surface area contributed by atoms with Crippen molar-refractivity contribution in [3.05, 3.63) is 34.4 Å². The standard InChI is InChI=1S/C18H30N2/c1-13-10-15(3)16(11-14(13)2)17(12-19)20-8-6-18(4,5)7-9-20/h10-11,17H,6-9,12,19H2,1-5H3. The fraction of sp³-hybridized carbons (Fsp3) is 0.667. The van der Waals surface area contributed by atoms with Gasteiger partial charge in [0, 0.05) is 12.6 Å². The van der Waals surface area contributed by atoms with Crippen LogP contribution in [0.1, 0.15) is 55.0 Å². The summed E-state index contributed by atoms with van der Waals surface area (Å²) in [5.74, 6) is 0. The minimum absolute atomic E-state index is 0.380. The average Bonchev–Trinajstić information content (AvgIpc) is 2.38. The van der Waals surface area contributed by atoms with Crippen LogP contribution in [0.2, 0.25) is 0 Å². The van der Waals surface area contributed by atoms with Crippen LogP contribution in [0, 0.1) is 26.2 Å². The highest BCUT2D eigenvalue weighted by Crippen LogP contribution is 2.34. The average molecular weight is 274 g/mol. The Morgan fingerprint density at radius 1 is 1.05 bits per heavy atom. The molecule has 2 heteroatoms. The molecule has 2 rings (SSSR count). The van der Waals surface area contributed by atoms with Crippen LogP contribution in [0.25, 0.3) is 0 Å². The lowest BCUT2D eigenvalue weighted by atomic mass is 9.81. The summed E-state index contributed by atoms with van der Waals surface area (Å²) in [7, 11) is 0. The normalized spacial score (nSPS) is 20.9. The van der Waals surface area contributed by atoms with E-state index in [0.717, 1.165) is 0 Å². The number of piperidine rings is 1. The van der Waals surface area contributed by atoms with Gasteiger partial charge in [0.05, 0.1) is 0 Å². The molecule has 1 unspecified atom stereocenters. The summed E-state index contributed by atoms with van der Waals surface area (Å²) in [5.41, 5.74) is 12.2. The molecule has 0 spiro atoms. The highest BCUT2D eigenvalue weighted by atomic mass is 15.2. The van der Waals surface area contributed by atoms with Gasteiger partial charge in [0.15, 0.2) is 0 Å². The Hall–Kier alpha value is -0.860. The van der Waals surface area contributed by atoms with E-state index in [1.807, 2.05) is 0 Å². The van der Waals surface area contributed by atoms with Gasteiger partial charge >= 0.3 is 0 Å². The van der Waals surface area contributed by atoms with Gasteiger partial charge in [-0.2, -0.15) is 0 Å². The number of aryl methyl sites for hydroxylation is 3. The molecule has 112 valence electrons. The van der Waals surface area contributed by atoms with E-state index in [2.05, 4.69) is 51.7 Å². The molecule has 0 saturated carbocycles. The third-order valence-electron chi connectivity index (χ3n) is 5.06. The predicted molar refractivity (Wildman–Crippen MR) is 87.0 cm³/mol. The molecule has 0 amide bonds. The highest BCUT2D eigenvalue weighted by molar-refractivity contribution is 5.38. The van der Waals surface area contributed by atoms with Crippen molar-refractivity contribution in [2.24, 2.45) is 11.1 Å². The summed E-state index contributed by atoms with van der Waals surface area (Å²) in [6.45, 7) is 14.4. The van der Waals surface area contributed by atoms with Gasteiger partial charge in [-0.1, -0.05) is 26.0 Å². The van der Waals surface area contributed by atoms with Crippen LogP contribution in [0.5, 0.6) is 0 Å². The Bertz CT molecular complexity index is 467. The van der Waals surface area contributed by atoms with Crippen LogP contribution in [0.15, 0.2) is 12.1 Å². The Kier molecular flexibility index (Phi) is 4.55. The van der Waals surface area contributed by atoms with Gasteiger partial charge in [0.1, 0.15) is 0 Å². The molecule has 1 saturated heterocycles. The number of nitrogens with two attached hydrogens (primary N) is 1. The first-order valence-electron chi connectivity index (χ1n) is 7.86. The second-order valence-electron chi connectivity index (χ2n) is 7.24. The first-order valence-corrected chi connectivity index (χ1v) is 7.86. The van der Waals surface area contributed by atoms with Crippen molar-refractivity contribution in [2.45, 2.75) is 53.5 Å². The maximum atomic E-state index is 6.12. The van der Waals surface area contributed by atoms with Crippen molar-refractivity contribution in [1.29, 1.82) is 0 Å². The number of rotatable bonds is 3. The van der Waals surface area contributed by atoms with Crippen LogP contribution in [-0.4, -0.2) is 24.5 Å². The van der Waals surface area contributed by atoms with E-state index in [1.165, 1.54) is 48.2 Å². The van der Waals surface area contributed by atoms with E-state index < -0.39 is 0 Å². The lowest BCUT2D eigenvalue weighted by molar-refractivity contribution is 0.0961. The van der Waals surface area contributed by atoms with Gasteiger partial charge < -0.3 is 5.73 Å². The number of likely N-dealkylation sites (tertiary alicyclic amines) is 1. The minimum Gasteiger partial charge on any atom is -0.329 e. The van der Waals surface area contributed by atoms with Crippen molar-refractivity contribution in [3.8, 4) is 0 Å². The summed E-state index contributed by atoms with van der Waals surface area (Å²) in [4.78, 5) is 2.59. The first kappa shape index (κ1) is 15.5. The summed E-state index contributed by atoms with van der Waals surface area (Å²) < 4.78 is 0. The van der Waals surface area contributed by atoms with Crippen molar-refractivity contribution in [3.63, 3.8) is 0 Å². The minimum atomic E-state index is 0.380. The predicted octanol–water partition coefficient (Wildman–Crippen LogP) is 3.73. The Labute approximate surface area is 124 Å². The maximum absolute atomic E-state index is 6.12. The fourth-order valence-electron chi connectivity index (χ4n) is 3.26. The second kappa shape index (κ2) is 5.87. The molecule has 1 aliphatic rings. The molecular formula is C18H30N2. The van der Waals surface area contributed by atoms with E-state index in [9.17, 15) is 0 Å². The molecule has 1 aliphatic heterocycles. The summed E-state index contributed by atoms with van der Waals surface area (Å²) in [5, 5.41) is 0. The number of hydrogen-bond donors (Lipinski definition) is 1. The van der Waals surface area contributed by atoms with Crippen LogP contribution in [0.4, 0.5) is 0 Å². The van der Waals surface area contributed by atoms with Gasteiger partial charge in [-0.3, -0.25) is 4.90 Å². The van der Waals surface area contributed by atoms with E-state index in [1.54, 1.807) is 0 Å². The zero-order chi connectivity index (χ0) is 14.9. The molecule has 0 radical (unpaired) electrons. The lowest BCUT2D eigenvalue weighted by Crippen LogP contribution is -2.42. The lowest BCUT2D eigenvalue weighted by Gasteiger charge is -2.41. The van der Waals surface area contributed by atoms with Crippen LogP contribution in [-0.2, 0) is 0 Å². The maximum Gasteiger partial charge on any atom is 0.0473 e. The van der Waals surface area contributed by atoms with Crippen molar-refractivity contribution < 1.29 is 0 Å². The first-order chi connectivity index (χ1) is 9.34. The van der Waals surface area contributed by atoms with E-state index in [4.69, 9.17) is 5.73 Å². The second-order valence-corrected chi connectivity index (χ2v) is 7.24. The van der Waals surface area contributed by atoms with Gasteiger partial charge in [0.25, 0.3) is 0 Å². The Balaban J connectivity index is 2.23. The zero-order valence-electron chi connectivity index (χ0n) is 13.8. The summed E-state index contributed by atoms with van der Waals surface area (Å²) in [6, 6.07) is 5.04. The number of benzene rings is 1. The molecule has 0 aliphatic carbocycles. The molecule has 0 bridgehead atoms. The van der Waals surface area contributed by atoms with Gasteiger partial charge in [-0.25, -0.2) is 0 Å². The van der Waals surface area contributed by atoms with E-state index in [-0.39, 0.29) is 0 Å². The van der Waals surface area contributed by atoms with Crippen LogP contribution in [0.3, 0.4) is 0 Å². The zero-order valence-corrected chi connectivity index (χ0v) is 13.8. The molecule has 0 aromatic heterocycles. The van der Waals surface area contributed by atoms with Gasteiger partial charge in [-0.05, 0) is 74.4 Å². The molecule has 1 heterocycles. The summed E-state index contributed by atoms with van der Waals surface area (Å²) in [6.07, 6.45) is 2.54. The SMILES string of the molecule is Cc1cc(C)c(C(CN)N2CCC(C)(C)CC2)cc1C. The molecule has 1 fully saturated rings. The van der Waals surface area contributed by atoms with Crippen molar-refractivity contribution in [1.82, 2.24) is 4.90 Å². The molecule has 2 N–H and O–H groups in total. The Morgan fingerprint density at radius 3 is 2.15 bits per heavy atom. The monoisotopic (exact) mass is 274 g/mol. The fourth-order valence-corrected chi connectivity index (χ4v) is 3.26. The number of hydrogen-bond acceptors (Lipinski definition) is 2. The molecule has 1 aromatic carbocycles. The molecular weight excluding hydrogens is 244 g/mol. The quantitative estimate of drug-likeness (QED) is 0.910. The summed E-state index contributed by atoms with van der Waals surface area (Å²) >= 11 is 0. The van der Waals surface area contributed by atoms with Crippen molar-refractivity contribution in [2.75, 3.05) is 19.6 Å². The largest absolute Gasteiger partial charge is 0.329 e. The molecule has 1 atom stereocenters. The molecule has 2 nitrogen and oxygen atoms in total. The van der Waals surface area contributed by atoms with Crippen LogP contribution >= 0.6 is 0 Å². The van der Waals surface area contributed by atoms with Gasteiger partial charge in [0.2, 0.25) is 0 Å². The van der Waals surface area contributed by atoms with E-state index in [0.29, 0.717) is 18.0 Å². The molecule has 20 heavy (non-hydrogen) atoms. The van der Waals surface area contributed by atoms with E-state index >= 15 is 0 Å². The van der Waals surface area contributed by atoms with Crippen LogP contribution < -0.4 is 5.73 Å². The topological polar surface area (TPSA) is 29.3 Å².